The molecule has 0 aliphatic carbocycles. The minimum absolute atomic E-state index is 0.0998. The largest absolute Gasteiger partial charge is 0.467 e. The summed E-state index contributed by atoms with van der Waals surface area (Å²) in [5.74, 6) is 0.0714. The fourth-order valence-electron chi connectivity index (χ4n) is 3.10. The van der Waals surface area contributed by atoms with Crippen molar-refractivity contribution in [2.75, 3.05) is 6.54 Å². The highest BCUT2D eigenvalue weighted by Gasteiger charge is 2.33. The highest BCUT2D eigenvalue weighted by molar-refractivity contribution is 5.94. The highest BCUT2D eigenvalue weighted by atomic mass is 19.4. The van der Waals surface area contributed by atoms with Crippen molar-refractivity contribution in [1.82, 2.24) is 15.1 Å². The van der Waals surface area contributed by atoms with Gasteiger partial charge in [0, 0.05) is 16.7 Å². The van der Waals surface area contributed by atoms with E-state index in [0.29, 0.717) is 16.4 Å². The minimum Gasteiger partial charge on any atom is -0.467 e. The van der Waals surface area contributed by atoms with Crippen LogP contribution in [0.5, 0.6) is 0 Å². The maximum atomic E-state index is 13.0. The number of aryl methyl sites for hydroxylation is 1. The summed E-state index contributed by atoms with van der Waals surface area (Å²) >= 11 is 0. The van der Waals surface area contributed by atoms with Crippen LogP contribution >= 0.6 is 0 Å². The number of hydrogen-bond acceptors (Lipinski definition) is 5. The summed E-state index contributed by atoms with van der Waals surface area (Å²) in [4.78, 5) is 13.4. The molecule has 0 saturated heterocycles. The Hall–Kier alpha value is -3.88. The Morgan fingerprint density at radius 2 is 1.53 bits per heavy atom. The van der Waals surface area contributed by atoms with Crippen LogP contribution in [-0.2, 0) is 6.54 Å². The van der Waals surface area contributed by atoms with Crippen LogP contribution in [0.3, 0.4) is 0 Å². The van der Waals surface area contributed by atoms with Gasteiger partial charge < -0.3 is 13.7 Å². The minimum atomic E-state index is -4.54. The van der Waals surface area contributed by atoms with Crippen molar-refractivity contribution >= 4 is 5.91 Å². The van der Waals surface area contributed by atoms with Gasteiger partial charge >= 0.3 is 6.18 Å². The molecule has 0 fully saturated rings. The Labute approximate surface area is 181 Å². The van der Waals surface area contributed by atoms with Crippen LogP contribution in [0.25, 0.3) is 22.9 Å². The van der Waals surface area contributed by atoms with Crippen LogP contribution in [0.15, 0.2) is 75.8 Å². The Kier molecular flexibility index (Phi) is 5.81. The van der Waals surface area contributed by atoms with E-state index >= 15 is 0 Å². The van der Waals surface area contributed by atoms with Gasteiger partial charge in [0.25, 0.3) is 5.91 Å². The predicted octanol–water partition coefficient (Wildman–Crippen LogP) is 5.51. The molecule has 6 nitrogen and oxygen atoms in total. The van der Waals surface area contributed by atoms with Crippen LogP contribution in [0, 0.1) is 6.92 Å². The normalized spacial score (nSPS) is 11.5. The van der Waals surface area contributed by atoms with Gasteiger partial charge in [0.2, 0.25) is 11.8 Å². The first-order valence-corrected chi connectivity index (χ1v) is 9.68. The summed E-state index contributed by atoms with van der Waals surface area (Å²) < 4.78 is 49.8. The quantitative estimate of drug-likeness (QED) is 0.395. The van der Waals surface area contributed by atoms with Gasteiger partial charge in [-0.1, -0.05) is 17.7 Å². The van der Waals surface area contributed by atoms with Gasteiger partial charge in [-0.2, -0.15) is 13.2 Å². The number of carbonyl (C=O) groups is 1. The van der Waals surface area contributed by atoms with E-state index in [1.807, 2.05) is 31.2 Å². The van der Waals surface area contributed by atoms with Gasteiger partial charge in [-0.15, -0.1) is 10.2 Å². The molecule has 2 aromatic heterocycles. The molecule has 0 spiro atoms. The van der Waals surface area contributed by atoms with Crippen LogP contribution in [0.2, 0.25) is 0 Å². The molecule has 0 radical (unpaired) electrons. The average Bonchev–Trinajstić information content (AvgIpc) is 3.45. The van der Waals surface area contributed by atoms with Crippen molar-refractivity contribution in [2.24, 2.45) is 0 Å². The number of halogens is 3. The second-order valence-corrected chi connectivity index (χ2v) is 7.21. The maximum absolute atomic E-state index is 13.0. The van der Waals surface area contributed by atoms with Gasteiger partial charge in [-0.25, -0.2) is 0 Å². The first-order chi connectivity index (χ1) is 15.3. The van der Waals surface area contributed by atoms with E-state index < -0.39 is 18.6 Å². The number of carbonyl (C=O) groups excluding carboxylic acids is 1. The van der Waals surface area contributed by atoms with E-state index in [1.54, 1.807) is 18.2 Å². The fourth-order valence-corrected chi connectivity index (χ4v) is 3.10. The number of nitrogens with zero attached hydrogens (tertiary/aromatic N) is 3. The summed E-state index contributed by atoms with van der Waals surface area (Å²) in [5.41, 5.74) is 2.51. The molecule has 2 heterocycles. The molecule has 1 amide bonds. The summed E-state index contributed by atoms with van der Waals surface area (Å²) in [6.45, 7) is 0.283. The molecular formula is C23H18F3N3O3. The third-order valence-corrected chi connectivity index (χ3v) is 4.69. The van der Waals surface area contributed by atoms with Crippen molar-refractivity contribution in [1.29, 1.82) is 0 Å². The van der Waals surface area contributed by atoms with Gasteiger partial charge in [0.15, 0.2) is 0 Å². The number of hydrogen-bond donors (Lipinski definition) is 0. The molecule has 164 valence electrons. The van der Waals surface area contributed by atoms with Crippen LogP contribution in [0.4, 0.5) is 13.2 Å². The molecule has 0 saturated carbocycles. The van der Waals surface area contributed by atoms with E-state index in [2.05, 4.69) is 10.2 Å². The second-order valence-electron chi connectivity index (χ2n) is 7.21. The summed E-state index contributed by atoms with van der Waals surface area (Å²) in [7, 11) is 0. The second kappa shape index (κ2) is 8.70. The SMILES string of the molecule is Cc1ccc(-c2nnc(-c3ccc(C(=O)N(Cc4ccco4)CC(F)(F)F)cc3)o2)cc1. The molecule has 0 aliphatic rings. The lowest BCUT2D eigenvalue weighted by Gasteiger charge is -2.23. The lowest BCUT2D eigenvalue weighted by atomic mass is 10.1. The number of furan rings is 1. The lowest BCUT2D eigenvalue weighted by molar-refractivity contribution is -0.142. The van der Waals surface area contributed by atoms with E-state index in [9.17, 15) is 18.0 Å². The maximum Gasteiger partial charge on any atom is 0.406 e. The van der Waals surface area contributed by atoms with E-state index in [0.717, 1.165) is 11.1 Å². The Morgan fingerprint density at radius 1 is 0.938 bits per heavy atom. The lowest BCUT2D eigenvalue weighted by Crippen LogP contribution is -2.38. The Bertz CT molecular complexity index is 1180. The van der Waals surface area contributed by atoms with Crippen molar-refractivity contribution in [3.8, 4) is 22.9 Å². The zero-order chi connectivity index (χ0) is 22.7. The Balaban J connectivity index is 1.53. The molecule has 9 heteroatoms. The molecule has 0 aliphatic heterocycles. The Morgan fingerprint density at radius 3 is 2.06 bits per heavy atom. The van der Waals surface area contributed by atoms with Crippen molar-refractivity contribution in [3.05, 3.63) is 83.8 Å². The molecule has 2 aromatic carbocycles. The topological polar surface area (TPSA) is 72.4 Å². The molecule has 0 bridgehead atoms. The highest BCUT2D eigenvalue weighted by Crippen LogP contribution is 2.25. The van der Waals surface area contributed by atoms with Gasteiger partial charge in [-0.05, 0) is 55.5 Å². The van der Waals surface area contributed by atoms with Gasteiger partial charge in [0.1, 0.15) is 12.3 Å². The summed E-state index contributed by atoms with van der Waals surface area (Å²) in [6, 6.07) is 16.6. The zero-order valence-corrected chi connectivity index (χ0v) is 17.0. The van der Waals surface area contributed by atoms with Crippen molar-refractivity contribution in [3.63, 3.8) is 0 Å². The predicted molar refractivity (Wildman–Crippen MR) is 109 cm³/mol. The molecule has 0 unspecified atom stereocenters. The van der Waals surface area contributed by atoms with Crippen LogP contribution in [0.1, 0.15) is 21.7 Å². The first kappa shape index (κ1) is 21.4. The van der Waals surface area contributed by atoms with E-state index in [1.165, 1.54) is 24.5 Å². The summed E-state index contributed by atoms with van der Waals surface area (Å²) in [6.07, 6.45) is -3.20. The average molecular weight is 441 g/mol. The standard InChI is InChI=1S/C23H18F3N3O3/c1-15-4-6-16(7-5-15)20-27-28-21(32-20)17-8-10-18(11-9-17)22(30)29(14-23(24,25)26)13-19-3-2-12-31-19/h2-12H,13-14H2,1H3. The fraction of sp³-hybridized carbons (Fsp3) is 0.174. The molecule has 4 aromatic rings. The van der Waals surface area contributed by atoms with Crippen molar-refractivity contribution in [2.45, 2.75) is 19.6 Å². The monoisotopic (exact) mass is 441 g/mol. The number of alkyl halides is 3. The molecular weight excluding hydrogens is 423 g/mol. The van der Waals surface area contributed by atoms with Gasteiger partial charge in [0.05, 0.1) is 12.8 Å². The number of aromatic nitrogens is 2. The van der Waals surface area contributed by atoms with E-state index in [4.69, 9.17) is 8.83 Å². The number of rotatable bonds is 6. The van der Waals surface area contributed by atoms with E-state index in [-0.39, 0.29) is 23.8 Å². The third kappa shape index (κ3) is 5.05. The smallest absolute Gasteiger partial charge is 0.406 e. The van der Waals surface area contributed by atoms with Crippen LogP contribution < -0.4 is 0 Å². The summed E-state index contributed by atoms with van der Waals surface area (Å²) in [5, 5.41) is 8.05. The molecule has 32 heavy (non-hydrogen) atoms. The number of amides is 1. The molecule has 0 N–H and O–H groups in total. The zero-order valence-electron chi connectivity index (χ0n) is 17.0. The van der Waals surface area contributed by atoms with Gasteiger partial charge in [-0.3, -0.25) is 4.79 Å². The molecule has 4 rings (SSSR count). The van der Waals surface area contributed by atoms with Crippen LogP contribution in [-0.4, -0.2) is 33.7 Å². The van der Waals surface area contributed by atoms with Crippen molar-refractivity contribution < 1.29 is 26.8 Å². The first-order valence-electron chi connectivity index (χ1n) is 9.68. The number of benzene rings is 2. The third-order valence-electron chi connectivity index (χ3n) is 4.69. The molecule has 0 atom stereocenters.